The van der Waals surface area contributed by atoms with Crippen LogP contribution in [0.5, 0.6) is 0 Å². The molecule has 0 amide bonds. The van der Waals surface area contributed by atoms with Crippen LogP contribution in [0.1, 0.15) is 19.4 Å². The summed E-state index contributed by atoms with van der Waals surface area (Å²) in [4.78, 5) is 8.96. The summed E-state index contributed by atoms with van der Waals surface area (Å²) >= 11 is 0. The molecule has 1 unspecified atom stereocenters. The molecular weight excluding hydrogens is 426 g/mol. The van der Waals surface area contributed by atoms with E-state index in [1.807, 2.05) is 13.0 Å². The molecule has 7 nitrogen and oxygen atoms in total. The Kier molecular flexibility index (Phi) is 7.20. The number of rotatable bonds is 8. The van der Waals surface area contributed by atoms with Gasteiger partial charge in [0.2, 0.25) is 5.95 Å². The molecule has 1 aliphatic rings. The minimum absolute atomic E-state index is 0.166. The first kappa shape index (κ1) is 23.1. The number of nitrogens with one attached hydrogen (secondary N) is 1. The molecule has 0 bridgehead atoms. The van der Waals surface area contributed by atoms with Crippen LogP contribution in [0.3, 0.4) is 0 Å². The zero-order valence-electron chi connectivity index (χ0n) is 19.3. The first-order chi connectivity index (χ1) is 15.9. The maximum absolute atomic E-state index is 13.5. The Hall–Kier alpha value is -3.04. The second-order valence-electron chi connectivity index (χ2n) is 8.25. The molecule has 2 aromatic carbocycles. The lowest BCUT2D eigenvalue weighted by Crippen LogP contribution is -2.47. The van der Waals surface area contributed by atoms with Gasteiger partial charge in [0.05, 0.1) is 18.4 Å². The minimum Gasteiger partial charge on any atom is -0.373 e. The molecule has 1 N–H and O–H groups in total. The fourth-order valence-electron chi connectivity index (χ4n) is 4.10. The van der Waals surface area contributed by atoms with Gasteiger partial charge in [0.1, 0.15) is 18.0 Å². The molecule has 176 valence electrons. The molecule has 1 aromatic heterocycles. The Morgan fingerprint density at radius 3 is 2.55 bits per heavy atom. The highest BCUT2D eigenvalue weighted by atomic mass is 19.1. The summed E-state index contributed by atoms with van der Waals surface area (Å²) < 4.78 is 34.4. The Morgan fingerprint density at radius 1 is 1.06 bits per heavy atom. The highest BCUT2D eigenvalue weighted by Crippen LogP contribution is 2.26. The topological polar surface area (TPSA) is 58.5 Å². The Labute approximate surface area is 193 Å². The van der Waals surface area contributed by atoms with Gasteiger partial charge in [0.25, 0.3) is 0 Å². The fourth-order valence-corrected chi connectivity index (χ4v) is 4.10. The lowest BCUT2D eigenvalue weighted by molar-refractivity contribution is 0.0177. The van der Waals surface area contributed by atoms with Gasteiger partial charge < -0.3 is 19.9 Å². The van der Waals surface area contributed by atoms with Gasteiger partial charge in [-0.05, 0) is 55.9 Å². The molecular formula is C24H30F2N6O. The minimum atomic E-state index is -0.664. The summed E-state index contributed by atoms with van der Waals surface area (Å²) in [5, 5.41) is 7.52. The Morgan fingerprint density at radius 2 is 1.82 bits per heavy atom. The van der Waals surface area contributed by atoms with Crippen LogP contribution in [-0.2, 0) is 4.74 Å². The summed E-state index contributed by atoms with van der Waals surface area (Å²) in [6.45, 7) is 11.7. The summed E-state index contributed by atoms with van der Waals surface area (Å²) in [6, 6.07) is 9.48. The maximum Gasteiger partial charge on any atom is 0.246 e. The summed E-state index contributed by atoms with van der Waals surface area (Å²) in [6.07, 6.45) is 1.59. The lowest BCUT2D eigenvalue weighted by atomic mass is 10.1. The molecule has 33 heavy (non-hydrogen) atoms. The summed E-state index contributed by atoms with van der Waals surface area (Å²) in [5.74, 6) is -0.983. The Balaban J connectivity index is 1.48. The summed E-state index contributed by atoms with van der Waals surface area (Å²) in [5.41, 5.74) is 3.33. The number of aryl methyl sites for hydroxylation is 1. The van der Waals surface area contributed by atoms with Gasteiger partial charge in [0, 0.05) is 37.1 Å². The van der Waals surface area contributed by atoms with E-state index < -0.39 is 11.6 Å². The molecule has 3 aromatic rings. The van der Waals surface area contributed by atoms with Crippen molar-refractivity contribution in [2.45, 2.75) is 26.9 Å². The molecule has 2 heterocycles. The van der Waals surface area contributed by atoms with Gasteiger partial charge >= 0.3 is 0 Å². The van der Waals surface area contributed by atoms with Crippen molar-refractivity contribution in [1.29, 1.82) is 0 Å². The number of nitrogens with zero attached hydrogens (tertiary/aromatic N) is 5. The van der Waals surface area contributed by atoms with Crippen molar-refractivity contribution in [1.82, 2.24) is 19.7 Å². The van der Waals surface area contributed by atoms with Crippen LogP contribution in [0.15, 0.2) is 42.7 Å². The van der Waals surface area contributed by atoms with Crippen LogP contribution in [0.4, 0.5) is 26.1 Å². The average Bonchev–Trinajstić information content (AvgIpc) is 3.25. The standard InChI is InChI=1S/C24H30F2N6O/c1-4-30(5-2)14-23-15-31(6-7-33-23)21-9-17(3)8-20(13-21)28-24-27-16-32(29-24)22-11-18(25)10-19(26)12-22/h8-13,16,23H,4-7,14-15H2,1-3H3,(H,28,29). The van der Waals surface area contributed by atoms with Crippen molar-refractivity contribution in [2.24, 2.45) is 0 Å². The molecule has 0 saturated carbocycles. The van der Waals surface area contributed by atoms with E-state index in [-0.39, 0.29) is 11.8 Å². The van der Waals surface area contributed by atoms with E-state index in [9.17, 15) is 8.78 Å². The molecule has 4 rings (SSSR count). The number of hydrogen-bond donors (Lipinski definition) is 1. The number of hydrogen-bond acceptors (Lipinski definition) is 6. The second-order valence-corrected chi connectivity index (χ2v) is 8.25. The molecule has 0 radical (unpaired) electrons. The van der Waals surface area contributed by atoms with E-state index in [0.29, 0.717) is 12.6 Å². The van der Waals surface area contributed by atoms with Crippen LogP contribution < -0.4 is 10.2 Å². The smallest absolute Gasteiger partial charge is 0.246 e. The molecule has 1 saturated heterocycles. The molecule has 1 fully saturated rings. The van der Waals surface area contributed by atoms with Crippen LogP contribution in [0, 0.1) is 18.6 Å². The van der Waals surface area contributed by atoms with E-state index in [0.717, 1.165) is 55.7 Å². The largest absolute Gasteiger partial charge is 0.373 e. The number of aromatic nitrogens is 3. The van der Waals surface area contributed by atoms with E-state index >= 15 is 0 Å². The number of morpholine rings is 1. The van der Waals surface area contributed by atoms with Crippen molar-refractivity contribution in [3.05, 3.63) is 59.9 Å². The fraction of sp³-hybridized carbons (Fsp3) is 0.417. The van der Waals surface area contributed by atoms with Crippen molar-refractivity contribution >= 4 is 17.3 Å². The van der Waals surface area contributed by atoms with Crippen LogP contribution in [-0.4, -0.2) is 65.1 Å². The number of benzene rings is 2. The normalized spacial score (nSPS) is 16.4. The van der Waals surface area contributed by atoms with Crippen molar-refractivity contribution in [3.63, 3.8) is 0 Å². The predicted octanol–water partition coefficient (Wildman–Crippen LogP) is 4.14. The zero-order chi connectivity index (χ0) is 23.4. The number of halogens is 2. The number of ether oxygens (including phenoxy) is 1. The van der Waals surface area contributed by atoms with Crippen molar-refractivity contribution in [2.75, 3.05) is 49.5 Å². The third-order valence-electron chi connectivity index (χ3n) is 5.78. The Bertz CT molecular complexity index is 1060. The zero-order valence-corrected chi connectivity index (χ0v) is 19.3. The third kappa shape index (κ3) is 5.85. The van der Waals surface area contributed by atoms with Gasteiger partial charge in [-0.2, -0.15) is 4.98 Å². The van der Waals surface area contributed by atoms with Crippen LogP contribution in [0.2, 0.25) is 0 Å². The monoisotopic (exact) mass is 456 g/mol. The number of likely N-dealkylation sites (N-methyl/N-ethyl adjacent to an activating group) is 1. The first-order valence-electron chi connectivity index (χ1n) is 11.3. The third-order valence-corrected chi connectivity index (χ3v) is 5.78. The van der Waals surface area contributed by atoms with E-state index in [2.05, 4.69) is 51.2 Å². The van der Waals surface area contributed by atoms with Crippen molar-refractivity contribution in [3.8, 4) is 5.69 Å². The quantitative estimate of drug-likeness (QED) is 0.550. The van der Waals surface area contributed by atoms with E-state index in [1.165, 1.54) is 23.1 Å². The van der Waals surface area contributed by atoms with Gasteiger partial charge in [-0.15, -0.1) is 5.10 Å². The molecule has 0 aliphatic carbocycles. The SMILES string of the molecule is CCN(CC)CC1CN(c2cc(C)cc(Nc3ncn(-c4cc(F)cc(F)c4)n3)c2)CCO1. The lowest BCUT2D eigenvalue weighted by Gasteiger charge is -2.37. The van der Waals surface area contributed by atoms with Crippen LogP contribution in [0.25, 0.3) is 5.69 Å². The molecule has 1 atom stereocenters. The van der Waals surface area contributed by atoms with Gasteiger partial charge in [-0.1, -0.05) is 13.8 Å². The molecule has 1 aliphatic heterocycles. The highest BCUT2D eigenvalue weighted by molar-refractivity contribution is 5.64. The van der Waals surface area contributed by atoms with Gasteiger partial charge in [-0.25, -0.2) is 13.5 Å². The van der Waals surface area contributed by atoms with E-state index in [1.54, 1.807) is 0 Å². The molecule has 0 spiro atoms. The first-order valence-corrected chi connectivity index (χ1v) is 11.3. The predicted molar refractivity (Wildman–Crippen MR) is 125 cm³/mol. The van der Waals surface area contributed by atoms with E-state index in [4.69, 9.17) is 4.74 Å². The highest BCUT2D eigenvalue weighted by Gasteiger charge is 2.23. The molecule has 9 heteroatoms. The van der Waals surface area contributed by atoms with Gasteiger partial charge in [-0.3, -0.25) is 0 Å². The maximum atomic E-state index is 13.5. The van der Waals surface area contributed by atoms with Gasteiger partial charge in [0.15, 0.2) is 0 Å². The second kappa shape index (κ2) is 10.3. The summed E-state index contributed by atoms with van der Waals surface area (Å²) in [7, 11) is 0. The average molecular weight is 457 g/mol. The van der Waals surface area contributed by atoms with Crippen LogP contribution >= 0.6 is 0 Å². The number of anilines is 3. The van der Waals surface area contributed by atoms with Crippen molar-refractivity contribution < 1.29 is 13.5 Å².